The third-order valence-corrected chi connectivity index (χ3v) is 3.06. The number of benzene rings is 1. The zero-order valence-corrected chi connectivity index (χ0v) is 12.4. The van der Waals surface area contributed by atoms with Crippen LogP contribution in [0.15, 0.2) is 18.2 Å². The van der Waals surface area contributed by atoms with Crippen molar-refractivity contribution >= 4 is 18.3 Å². The van der Waals surface area contributed by atoms with E-state index in [1.807, 2.05) is 32.0 Å². The number of carbonyl (C=O) groups excluding carboxylic acids is 1. The normalized spacial score (nSPS) is 13.6. The van der Waals surface area contributed by atoms with Gasteiger partial charge in [0.15, 0.2) is 0 Å². The number of ether oxygens (including phenoxy) is 1. The first-order valence-corrected chi connectivity index (χ1v) is 6.16. The molecule has 1 aliphatic rings. The Hall–Kier alpha value is -1.10. The molecule has 2 rings (SSSR count). The smallest absolute Gasteiger partial charge is 0.251 e. The first kappa shape index (κ1) is 16.0. The fourth-order valence-electron chi connectivity index (χ4n) is 2.21. The molecule has 0 saturated heterocycles. The van der Waals surface area contributed by atoms with E-state index in [4.69, 9.17) is 4.74 Å². The lowest BCUT2D eigenvalue weighted by Crippen LogP contribution is -2.46. The van der Waals surface area contributed by atoms with Crippen molar-refractivity contribution in [1.82, 2.24) is 10.6 Å². The molecule has 1 heterocycles. The molecule has 0 unspecified atom stereocenters. The maximum Gasteiger partial charge on any atom is 0.251 e. The molecule has 1 aliphatic heterocycles. The zero-order valence-electron chi connectivity index (χ0n) is 11.6. The van der Waals surface area contributed by atoms with Gasteiger partial charge in [-0.3, -0.25) is 4.79 Å². The quantitative estimate of drug-likeness (QED) is 0.887. The summed E-state index contributed by atoms with van der Waals surface area (Å²) in [6.45, 7) is 6.13. The van der Waals surface area contributed by atoms with Gasteiger partial charge in [-0.2, -0.15) is 0 Å². The second-order valence-corrected chi connectivity index (χ2v) is 5.36. The highest BCUT2D eigenvalue weighted by Crippen LogP contribution is 2.17. The minimum absolute atomic E-state index is 0. The first-order valence-electron chi connectivity index (χ1n) is 6.16. The van der Waals surface area contributed by atoms with Crippen LogP contribution >= 0.6 is 12.4 Å². The van der Waals surface area contributed by atoms with Crippen molar-refractivity contribution in [2.75, 3.05) is 13.7 Å². The lowest BCUT2D eigenvalue weighted by Gasteiger charge is -2.25. The van der Waals surface area contributed by atoms with Crippen LogP contribution in [0.5, 0.6) is 0 Å². The summed E-state index contributed by atoms with van der Waals surface area (Å²) in [5.41, 5.74) is 2.85. The highest BCUT2D eigenvalue weighted by Gasteiger charge is 2.21. The second kappa shape index (κ2) is 6.37. The van der Waals surface area contributed by atoms with Crippen molar-refractivity contribution in [2.24, 2.45) is 0 Å². The van der Waals surface area contributed by atoms with Crippen molar-refractivity contribution in [3.8, 4) is 0 Å². The van der Waals surface area contributed by atoms with E-state index in [1.165, 1.54) is 11.1 Å². The summed E-state index contributed by atoms with van der Waals surface area (Å²) in [5, 5.41) is 6.25. The van der Waals surface area contributed by atoms with Gasteiger partial charge < -0.3 is 15.4 Å². The molecule has 5 heteroatoms. The molecule has 0 aromatic heterocycles. The van der Waals surface area contributed by atoms with Crippen molar-refractivity contribution in [2.45, 2.75) is 32.5 Å². The third-order valence-electron chi connectivity index (χ3n) is 3.06. The number of rotatable bonds is 4. The van der Waals surface area contributed by atoms with Gasteiger partial charge in [-0.05, 0) is 37.1 Å². The van der Waals surface area contributed by atoms with Crippen molar-refractivity contribution in [1.29, 1.82) is 0 Å². The summed E-state index contributed by atoms with van der Waals surface area (Å²) >= 11 is 0. The Balaban J connectivity index is 0.00000180. The number of hydrogen-bond donors (Lipinski definition) is 2. The number of nitrogens with one attached hydrogen (secondary N) is 2. The maximum atomic E-state index is 12.1. The summed E-state index contributed by atoms with van der Waals surface area (Å²) in [4.78, 5) is 12.1. The standard InChI is InChI=1S/C14H20N2O2.ClH/c1-14(2,9-18-3)16-13(17)10-4-5-11-7-15-8-12(11)6-10;/h4-6,15H,7-9H2,1-3H3,(H,16,17);1H. The Labute approximate surface area is 120 Å². The molecule has 0 bridgehead atoms. The predicted molar refractivity (Wildman–Crippen MR) is 77.7 cm³/mol. The van der Waals surface area contributed by atoms with E-state index in [0.717, 1.165) is 13.1 Å². The van der Waals surface area contributed by atoms with Gasteiger partial charge in [0.2, 0.25) is 0 Å². The predicted octanol–water partition coefficient (Wildman–Crippen LogP) is 1.87. The Morgan fingerprint density at radius 3 is 2.74 bits per heavy atom. The van der Waals surface area contributed by atoms with E-state index < -0.39 is 0 Å². The highest BCUT2D eigenvalue weighted by atomic mass is 35.5. The van der Waals surface area contributed by atoms with E-state index in [1.54, 1.807) is 7.11 Å². The Bertz CT molecular complexity index is 461. The summed E-state index contributed by atoms with van der Waals surface area (Å²) in [5.74, 6) is -0.0493. The highest BCUT2D eigenvalue weighted by molar-refractivity contribution is 5.95. The van der Waals surface area contributed by atoms with Gasteiger partial charge in [-0.1, -0.05) is 6.07 Å². The van der Waals surface area contributed by atoms with Crippen LogP contribution in [-0.2, 0) is 17.8 Å². The maximum absolute atomic E-state index is 12.1. The average Bonchev–Trinajstić information content (AvgIpc) is 2.74. The van der Waals surface area contributed by atoms with E-state index in [2.05, 4.69) is 10.6 Å². The molecule has 106 valence electrons. The molecule has 0 aliphatic carbocycles. The van der Waals surface area contributed by atoms with E-state index >= 15 is 0 Å². The van der Waals surface area contributed by atoms with Gasteiger partial charge >= 0.3 is 0 Å². The molecule has 0 atom stereocenters. The van der Waals surface area contributed by atoms with E-state index in [0.29, 0.717) is 12.2 Å². The molecule has 1 aromatic rings. The van der Waals surface area contributed by atoms with Gasteiger partial charge in [-0.15, -0.1) is 12.4 Å². The molecule has 1 aromatic carbocycles. The monoisotopic (exact) mass is 284 g/mol. The van der Waals surface area contributed by atoms with Crippen LogP contribution in [0.4, 0.5) is 0 Å². The molecule has 4 nitrogen and oxygen atoms in total. The Morgan fingerprint density at radius 2 is 2.05 bits per heavy atom. The molecule has 0 spiro atoms. The van der Waals surface area contributed by atoms with Crippen LogP contribution in [0.25, 0.3) is 0 Å². The second-order valence-electron chi connectivity index (χ2n) is 5.36. The number of halogens is 1. The molecule has 19 heavy (non-hydrogen) atoms. The summed E-state index contributed by atoms with van der Waals surface area (Å²) in [7, 11) is 1.63. The van der Waals surface area contributed by atoms with Crippen LogP contribution in [0.3, 0.4) is 0 Å². The van der Waals surface area contributed by atoms with E-state index in [-0.39, 0.29) is 23.9 Å². The Kier molecular flexibility index (Phi) is 5.35. The largest absolute Gasteiger partial charge is 0.382 e. The fraction of sp³-hybridized carbons (Fsp3) is 0.500. The molecule has 1 amide bonds. The van der Waals surface area contributed by atoms with Crippen LogP contribution in [-0.4, -0.2) is 25.2 Å². The van der Waals surface area contributed by atoms with Crippen LogP contribution < -0.4 is 10.6 Å². The number of amides is 1. The van der Waals surface area contributed by atoms with Crippen molar-refractivity contribution in [3.63, 3.8) is 0 Å². The molecular formula is C14H21ClN2O2. The first-order chi connectivity index (χ1) is 8.52. The van der Waals surface area contributed by atoms with E-state index in [9.17, 15) is 4.79 Å². The fourth-order valence-corrected chi connectivity index (χ4v) is 2.21. The van der Waals surface area contributed by atoms with Gasteiger partial charge in [-0.25, -0.2) is 0 Å². The Morgan fingerprint density at radius 1 is 1.37 bits per heavy atom. The van der Waals surface area contributed by atoms with Gasteiger partial charge in [0.25, 0.3) is 5.91 Å². The number of fused-ring (bicyclic) bond motifs is 1. The van der Waals surface area contributed by atoms with Crippen molar-refractivity contribution in [3.05, 3.63) is 34.9 Å². The minimum atomic E-state index is -0.358. The lowest BCUT2D eigenvalue weighted by molar-refractivity contribution is 0.0820. The molecule has 0 radical (unpaired) electrons. The summed E-state index contributed by atoms with van der Waals surface area (Å²) < 4.78 is 5.09. The van der Waals surface area contributed by atoms with Gasteiger partial charge in [0, 0.05) is 25.8 Å². The van der Waals surface area contributed by atoms with Gasteiger partial charge in [0.1, 0.15) is 0 Å². The summed E-state index contributed by atoms with van der Waals surface area (Å²) in [6.07, 6.45) is 0. The molecule has 0 saturated carbocycles. The SMILES string of the molecule is COCC(C)(C)NC(=O)c1ccc2c(c1)CNC2.Cl. The lowest BCUT2D eigenvalue weighted by atomic mass is 10.0. The summed E-state index contributed by atoms with van der Waals surface area (Å²) in [6, 6.07) is 5.87. The number of hydrogen-bond acceptors (Lipinski definition) is 3. The molecule has 0 fully saturated rings. The van der Waals surface area contributed by atoms with Crippen molar-refractivity contribution < 1.29 is 9.53 Å². The van der Waals surface area contributed by atoms with Crippen LogP contribution in [0.2, 0.25) is 0 Å². The van der Waals surface area contributed by atoms with Crippen LogP contribution in [0, 0.1) is 0 Å². The van der Waals surface area contributed by atoms with Gasteiger partial charge in [0.05, 0.1) is 12.1 Å². The molecular weight excluding hydrogens is 264 g/mol. The number of carbonyl (C=O) groups is 1. The zero-order chi connectivity index (χ0) is 13.2. The molecule has 2 N–H and O–H groups in total. The topological polar surface area (TPSA) is 50.4 Å². The average molecular weight is 285 g/mol. The number of methoxy groups -OCH3 is 1. The van der Waals surface area contributed by atoms with Crippen LogP contribution in [0.1, 0.15) is 35.3 Å². The third kappa shape index (κ3) is 3.93. The minimum Gasteiger partial charge on any atom is -0.382 e.